The molecule has 5 N–H and O–H groups in total. The monoisotopic (exact) mass is 477 g/mol. The number of fused-ring (bicyclic) bond motifs is 1. The third-order valence-corrected chi connectivity index (χ3v) is 6.44. The smallest absolute Gasteiger partial charge is 0.270 e. The lowest BCUT2D eigenvalue weighted by Gasteiger charge is -2.30. The largest absolute Gasteiger partial charge is 0.496 e. The Bertz CT molecular complexity index is 1250. The van der Waals surface area contributed by atoms with Gasteiger partial charge in [-0.1, -0.05) is 29.8 Å². The van der Waals surface area contributed by atoms with Gasteiger partial charge in [0, 0.05) is 12.1 Å². The number of anilines is 2. The number of aliphatic hydroxyl groups is 1. The van der Waals surface area contributed by atoms with Gasteiger partial charge in [0.15, 0.2) is 5.90 Å². The van der Waals surface area contributed by atoms with E-state index in [0.29, 0.717) is 33.7 Å². The lowest BCUT2D eigenvalue weighted by Crippen LogP contribution is -2.42. The maximum absolute atomic E-state index is 12.5. The van der Waals surface area contributed by atoms with Crippen LogP contribution in [0.4, 0.5) is 17.3 Å². The highest BCUT2D eigenvalue weighted by molar-refractivity contribution is 6.31. The molecule has 1 aliphatic heterocycles. The van der Waals surface area contributed by atoms with E-state index < -0.39 is 5.92 Å². The minimum atomic E-state index is -0.530. The van der Waals surface area contributed by atoms with Crippen LogP contribution in [0.2, 0.25) is 5.02 Å². The number of benzene rings is 1. The van der Waals surface area contributed by atoms with Crippen LogP contribution in [0.3, 0.4) is 0 Å². The molecule has 1 aliphatic carbocycles. The Morgan fingerprint density at radius 3 is 2.74 bits per heavy atom. The number of nitrogens with one attached hydrogen (secondary N) is 2. The molecule has 34 heavy (non-hydrogen) atoms. The first-order valence-electron chi connectivity index (χ1n) is 11.2. The van der Waals surface area contributed by atoms with Crippen molar-refractivity contribution in [1.29, 1.82) is 0 Å². The van der Waals surface area contributed by atoms with Crippen molar-refractivity contribution in [2.75, 3.05) is 11.1 Å². The number of nitrogens with zero attached hydrogens (tertiary/aromatic N) is 4. The Kier molecular flexibility index (Phi) is 6.02. The molecule has 5 rings (SSSR count). The van der Waals surface area contributed by atoms with Crippen LogP contribution in [0, 0.1) is 0 Å². The second-order valence-electron chi connectivity index (χ2n) is 8.54. The summed E-state index contributed by atoms with van der Waals surface area (Å²) in [6.07, 6.45) is 6.49. The van der Waals surface area contributed by atoms with Gasteiger partial charge < -0.3 is 21.5 Å². The number of hydrogen-bond donors (Lipinski definition) is 4. The molecule has 3 aromatic rings. The molecule has 0 bridgehead atoms. The van der Waals surface area contributed by atoms with E-state index in [1.54, 1.807) is 12.1 Å². The number of aliphatic hydroxyl groups excluding tert-OH is 1. The number of aromatic nitrogens is 3. The van der Waals surface area contributed by atoms with Crippen molar-refractivity contribution in [1.82, 2.24) is 20.3 Å². The first kappa shape index (κ1) is 22.1. The molecule has 9 nitrogen and oxygen atoms in total. The summed E-state index contributed by atoms with van der Waals surface area (Å²) in [5, 5.41) is 17.3. The summed E-state index contributed by atoms with van der Waals surface area (Å²) in [6.45, 7) is 0. The minimum absolute atomic E-state index is 0.00256. The number of nitrogens with two attached hydrogens (primary N) is 1. The molecule has 1 amide bonds. The summed E-state index contributed by atoms with van der Waals surface area (Å²) >= 11 is 6.42. The summed E-state index contributed by atoms with van der Waals surface area (Å²) in [7, 11) is 0. The topological polar surface area (TPSA) is 138 Å². The molecule has 1 saturated carbocycles. The molecule has 1 unspecified atom stereocenters. The van der Waals surface area contributed by atoms with Crippen LogP contribution in [0.5, 0.6) is 0 Å². The Balaban J connectivity index is 1.28. The first-order chi connectivity index (χ1) is 16.5. The number of hydrogen-bond acceptors (Lipinski definition) is 7. The highest BCUT2D eigenvalue weighted by Crippen LogP contribution is 2.40. The summed E-state index contributed by atoms with van der Waals surface area (Å²) in [5.41, 5.74) is 8.56. The van der Waals surface area contributed by atoms with E-state index in [1.165, 1.54) is 12.4 Å². The molecule has 10 heteroatoms. The standard InChI is InChI=1S/C24H24ClN7O2/c25-17-12-28-24(32-21(17)20-16-6-1-2-7-18(16)31-23(20)34)30-15-5-3-4-14(10-15)29-22(33)19-9-8-13(26)11-27-19/h1-2,6-9,11-12,14-15,20H,3-5,10,26H2,(H,29,33)(H,31,34)(H,28,30,32)/t14-,15+,20?/m0/s1. The van der Waals surface area contributed by atoms with Gasteiger partial charge in [0.2, 0.25) is 5.95 Å². The van der Waals surface area contributed by atoms with Crippen molar-refractivity contribution in [3.8, 4) is 0 Å². The van der Waals surface area contributed by atoms with Crippen LogP contribution < -0.4 is 16.4 Å². The fraction of sp³-hybridized carbons (Fsp3) is 0.292. The number of carbonyl (C=O) groups is 1. The van der Waals surface area contributed by atoms with Crippen molar-refractivity contribution in [3.63, 3.8) is 0 Å². The van der Waals surface area contributed by atoms with Gasteiger partial charge in [-0.25, -0.2) is 19.9 Å². The summed E-state index contributed by atoms with van der Waals surface area (Å²) in [4.78, 5) is 29.9. The van der Waals surface area contributed by atoms with Crippen LogP contribution in [0.25, 0.3) is 0 Å². The zero-order valence-electron chi connectivity index (χ0n) is 18.3. The molecule has 1 aromatic carbocycles. The minimum Gasteiger partial charge on any atom is -0.496 e. The van der Waals surface area contributed by atoms with Crippen LogP contribution >= 0.6 is 11.6 Å². The normalized spacial score (nSPS) is 21.4. The number of aliphatic imine (C=N–C) groups is 1. The maximum atomic E-state index is 12.5. The van der Waals surface area contributed by atoms with Gasteiger partial charge in [0.05, 0.1) is 34.5 Å². The summed E-state index contributed by atoms with van der Waals surface area (Å²) in [6, 6.07) is 10.9. The molecule has 0 spiro atoms. The first-order valence-corrected chi connectivity index (χ1v) is 11.5. The summed E-state index contributed by atoms with van der Waals surface area (Å²) in [5.74, 6) is -0.360. The van der Waals surface area contributed by atoms with E-state index in [9.17, 15) is 9.90 Å². The average Bonchev–Trinajstić information content (AvgIpc) is 3.16. The zero-order valence-corrected chi connectivity index (χ0v) is 19.0. The number of carbonyl (C=O) groups excluding carboxylic acids is 1. The van der Waals surface area contributed by atoms with Gasteiger partial charge in [-0.15, -0.1) is 0 Å². The highest BCUT2D eigenvalue weighted by Gasteiger charge is 2.32. The molecule has 1 fully saturated rings. The fourth-order valence-electron chi connectivity index (χ4n) is 4.52. The predicted octanol–water partition coefficient (Wildman–Crippen LogP) is 3.99. The average molecular weight is 478 g/mol. The Hall–Kier alpha value is -3.72. The third kappa shape index (κ3) is 4.51. The Labute approximate surface area is 201 Å². The second-order valence-corrected chi connectivity index (χ2v) is 8.95. The second kappa shape index (κ2) is 9.26. The molecular weight excluding hydrogens is 454 g/mol. The van der Waals surface area contributed by atoms with Gasteiger partial charge in [0.25, 0.3) is 5.91 Å². The molecule has 2 aromatic heterocycles. The lowest BCUT2D eigenvalue weighted by molar-refractivity contribution is 0.0921. The number of para-hydroxylation sites is 1. The Morgan fingerprint density at radius 1 is 1.09 bits per heavy atom. The van der Waals surface area contributed by atoms with Crippen molar-refractivity contribution in [2.45, 2.75) is 43.7 Å². The number of rotatable bonds is 5. The molecule has 2 aliphatic rings. The SMILES string of the molecule is Nc1ccc(C(=O)N[C@H]2CCC[C@@H](Nc3ncc(Cl)c(C4C(O)=Nc5ccccc54)n3)C2)nc1. The maximum Gasteiger partial charge on any atom is 0.270 e. The van der Waals surface area contributed by atoms with Crippen molar-refractivity contribution in [3.05, 3.63) is 70.8 Å². The number of pyridine rings is 1. The van der Waals surface area contributed by atoms with E-state index in [0.717, 1.165) is 31.2 Å². The number of halogens is 1. The van der Waals surface area contributed by atoms with Gasteiger partial charge >= 0.3 is 0 Å². The Morgan fingerprint density at radius 2 is 1.91 bits per heavy atom. The van der Waals surface area contributed by atoms with Crippen molar-refractivity contribution < 1.29 is 9.90 Å². The number of nitrogen functional groups attached to an aromatic ring is 1. The third-order valence-electron chi connectivity index (χ3n) is 6.15. The molecule has 174 valence electrons. The fourth-order valence-corrected chi connectivity index (χ4v) is 4.72. The molecular formula is C24H24ClN7O2. The van der Waals surface area contributed by atoms with Gasteiger partial charge in [0.1, 0.15) is 11.6 Å². The van der Waals surface area contributed by atoms with Crippen LogP contribution in [0.15, 0.2) is 53.8 Å². The van der Waals surface area contributed by atoms with Crippen LogP contribution in [0.1, 0.15) is 53.3 Å². The van der Waals surface area contributed by atoms with Crippen molar-refractivity contribution >= 4 is 40.7 Å². The molecule has 0 saturated heterocycles. The van der Waals surface area contributed by atoms with Crippen LogP contribution in [-0.2, 0) is 0 Å². The number of amides is 1. The quantitative estimate of drug-likeness (QED) is 0.435. The van der Waals surface area contributed by atoms with Crippen LogP contribution in [-0.4, -0.2) is 43.9 Å². The summed E-state index contributed by atoms with van der Waals surface area (Å²) < 4.78 is 0. The lowest BCUT2D eigenvalue weighted by atomic mass is 9.91. The molecule has 0 radical (unpaired) electrons. The van der Waals surface area contributed by atoms with E-state index in [4.69, 9.17) is 17.3 Å². The van der Waals surface area contributed by atoms with E-state index in [2.05, 4.69) is 30.6 Å². The zero-order chi connectivity index (χ0) is 23.7. The van der Waals surface area contributed by atoms with Gasteiger partial charge in [-0.05, 0) is 49.4 Å². The predicted molar refractivity (Wildman–Crippen MR) is 131 cm³/mol. The van der Waals surface area contributed by atoms with Gasteiger partial charge in [-0.2, -0.15) is 0 Å². The van der Waals surface area contributed by atoms with E-state index in [-0.39, 0.29) is 23.9 Å². The van der Waals surface area contributed by atoms with Crippen molar-refractivity contribution in [2.24, 2.45) is 4.99 Å². The van der Waals surface area contributed by atoms with E-state index in [1.807, 2.05) is 24.3 Å². The molecule has 3 atom stereocenters. The highest BCUT2D eigenvalue weighted by atomic mass is 35.5. The van der Waals surface area contributed by atoms with Gasteiger partial charge in [-0.3, -0.25) is 4.79 Å². The van der Waals surface area contributed by atoms with E-state index >= 15 is 0 Å². The molecule has 3 heterocycles.